The molecule has 4 fully saturated rings. The highest BCUT2D eigenvalue weighted by molar-refractivity contribution is 5.96. The summed E-state index contributed by atoms with van der Waals surface area (Å²) in [7, 11) is 4.75. The molecule has 206 valence electrons. The number of hydrogen-bond acceptors (Lipinski definition) is 1. The molecule has 0 aromatic rings. The van der Waals surface area contributed by atoms with Gasteiger partial charge in [-0.15, -0.1) is 0 Å². The molecule has 0 N–H and O–H groups in total. The fourth-order valence-electron chi connectivity index (χ4n) is 9.71. The standard InChI is InChI=1S/C35H57N2/c1-23-13-17-30-28(21-23)34(4,5)32(36(30)8)19-15-26-11-10-12-27(25(26)3)16-20-33-35(6,7)29-22-24(2)14-18-31(29)37(33)9/h15-16,19-20,23-26,28-31H,10-14,17-18,21-22H2,1-9H3/q+1/b19-15+,27-16+,33-20+. The maximum Gasteiger partial charge on any atom is 0.181 e. The van der Waals surface area contributed by atoms with Gasteiger partial charge in [0, 0.05) is 42.6 Å². The first-order valence-corrected chi connectivity index (χ1v) is 15.8. The van der Waals surface area contributed by atoms with Crippen molar-refractivity contribution < 1.29 is 4.58 Å². The molecule has 37 heavy (non-hydrogen) atoms. The molecule has 0 aromatic heterocycles. The summed E-state index contributed by atoms with van der Waals surface area (Å²) in [4.78, 5) is 2.66. The molecule has 2 nitrogen and oxygen atoms in total. The van der Waals surface area contributed by atoms with E-state index in [4.69, 9.17) is 0 Å². The van der Waals surface area contributed by atoms with E-state index in [1.165, 1.54) is 57.8 Å². The Kier molecular flexibility index (Phi) is 7.38. The third-order valence-corrected chi connectivity index (χ3v) is 12.3. The highest BCUT2D eigenvalue weighted by Crippen LogP contribution is 2.54. The first kappa shape index (κ1) is 27.3. The van der Waals surface area contributed by atoms with Crippen LogP contribution in [0.2, 0.25) is 0 Å². The fraction of sp³-hybridized carbons (Fsp3) is 0.800. The minimum absolute atomic E-state index is 0.284. The molecule has 0 bridgehead atoms. The lowest BCUT2D eigenvalue weighted by molar-refractivity contribution is -0.539. The van der Waals surface area contributed by atoms with Crippen LogP contribution in [-0.2, 0) is 0 Å². The van der Waals surface area contributed by atoms with E-state index in [1.807, 2.05) is 0 Å². The van der Waals surface area contributed by atoms with Crippen LogP contribution in [0.1, 0.15) is 106 Å². The lowest BCUT2D eigenvalue weighted by atomic mass is 9.66. The minimum atomic E-state index is 0.284. The Balaban J connectivity index is 1.34. The van der Waals surface area contributed by atoms with Crippen molar-refractivity contribution in [3.63, 3.8) is 0 Å². The predicted molar refractivity (Wildman–Crippen MR) is 159 cm³/mol. The van der Waals surface area contributed by atoms with Gasteiger partial charge in [-0.2, -0.15) is 0 Å². The molecule has 1 saturated heterocycles. The molecule has 2 aliphatic heterocycles. The zero-order valence-electron chi connectivity index (χ0n) is 25.7. The summed E-state index contributed by atoms with van der Waals surface area (Å²) in [5.41, 5.74) is 5.42. The first-order valence-electron chi connectivity index (χ1n) is 15.8. The van der Waals surface area contributed by atoms with Gasteiger partial charge in [-0.05, 0) is 101 Å². The molecule has 8 atom stereocenters. The molecule has 5 rings (SSSR count). The van der Waals surface area contributed by atoms with Gasteiger partial charge in [-0.3, -0.25) is 0 Å². The van der Waals surface area contributed by atoms with Crippen molar-refractivity contribution in [1.82, 2.24) is 4.90 Å². The van der Waals surface area contributed by atoms with Crippen molar-refractivity contribution in [3.8, 4) is 0 Å². The van der Waals surface area contributed by atoms with Gasteiger partial charge < -0.3 is 4.90 Å². The summed E-state index contributed by atoms with van der Waals surface area (Å²) in [6, 6.07) is 1.49. The molecule has 3 aliphatic carbocycles. The molecule has 0 aromatic carbocycles. The van der Waals surface area contributed by atoms with Crippen molar-refractivity contribution in [2.45, 2.75) is 118 Å². The van der Waals surface area contributed by atoms with Crippen LogP contribution in [0.15, 0.2) is 35.6 Å². The summed E-state index contributed by atoms with van der Waals surface area (Å²) < 4.78 is 2.67. The van der Waals surface area contributed by atoms with Gasteiger partial charge in [-0.1, -0.05) is 52.3 Å². The van der Waals surface area contributed by atoms with Crippen molar-refractivity contribution in [2.24, 2.45) is 46.3 Å². The summed E-state index contributed by atoms with van der Waals surface area (Å²) in [5.74, 6) is 4.68. The second-order valence-corrected chi connectivity index (χ2v) is 15.2. The van der Waals surface area contributed by atoms with Gasteiger partial charge in [0.1, 0.15) is 7.05 Å². The highest BCUT2D eigenvalue weighted by atomic mass is 15.2. The number of nitrogens with zero attached hydrogens (tertiary/aromatic N) is 2. The van der Waals surface area contributed by atoms with Gasteiger partial charge in [0.05, 0.1) is 5.41 Å². The van der Waals surface area contributed by atoms with E-state index in [0.29, 0.717) is 17.3 Å². The van der Waals surface area contributed by atoms with Crippen molar-refractivity contribution in [2.75, 3.05) is 14.1 Å². The number of hydrogen-bond donors (Lipinski definition) is 0. The van der Waals surface area contributed by atoms with Crippen molar-refractivity contribution >= 4 is 5.71 Å². The summed E-state index contributed by atoms with van der Waals surface area (Å²) in [6.45, 7) is 17.5. The third kappa shape index (κ3) is 4.71. The van der Waals surface area contributed by atoms with Crippen molar-refractivity contribution in [1.29, 1.82) is 0 Å². The normalized spacial score (nSPS) is 43.6. The molecule has 2 heterocycles. The summed E-state index contributed by atoms with van der Waals surface area (Å²) >= 11 is 0. The largest absolute Gasteiger partial charge is 0.374 e. The molecule has 0 radical (unpaired) electrons. The SMILES string of the molecule is CC1CCC2C(C1)C(C)(C)C(/C=C/C1CCC/C(=C\C=C3\N(C)C4CCC(C)CC4C3(C)C)C1C)=[N+]2C. The second kappa shape index (κ2) is 10.0. The molecular formula is C35H57N2+. The van der Waals surface area contributed by atoms with E-state index in [9.17, 15) is 0 Å². The molecule has 3 saturated carbocycles. The Bertz CT molecular complexity index is 991. The van der Waals surface area contributed by atoms with Gasteiger partial charge >= 0.3 is 0 Å². The number of allylic oxidation sites excluding steroid dienone is 6. The van der Waals surface area contributed by atoms with Gasteiger partial charge in [0.25, 0.3) is 0 Å². The lowest BCUT2D eigenvalue weighted by Gasteiger charge is -2.36. The van der Waals surface area contributed by atoms with Crippen LogP contribution >= 0.6 is 0 Å². The highest BCUT2D eigenvalue weighted by Gasteiger charge is 2.54. The maximum atomic E-state index is 2.67. The summed E-state index contributed by atoms with van der Waals surface area (Å²) in [5, 5.41) is 0. The van der Waals surface area contributed by atoms with Crippen LogP contribution in [0.3, 0.4) is 0 Å². The van der Waals surface area contributed by atoms with Gasteiger partial charge in [0.2, 0.25) is 0 Å². The molecule has 2 heteroatoms. The topological polar surface area (TPSA) is 6.25 Å². The Morgan fingerprint density at radius 2 is 1.51 bits per heavy atom. The average Bonchev–Trinajstić information content (AvgIpc) is 3.15. The Morgan fingerprint density at radius 1 is 0.838 bits per heavy atom. The zero-order valence-corrected chi connectivity index (χ0v) is 25.7. The van der Waals surface area contributed by atoms with Crippen LogP contribution in [0.25, 0.3) is 0 Å². The van der Waals surface area contributed by atoms with Gasteiger partial charge in [0.15, 0.2) is 11.8 Å². The van der Waals surface area contributed by atoms with Crippen molar-refractivity contribution in [3.05, 3.63) is 35.6 Å². The van der Waals surface area contributed by atoms with Crippen LogP contribution in [-0.4, -0.2) is 41.4 Å². The molecule has 5 aliphatic rings. The number of likely N-dealkylation sites (tertiary alicyclic amines) is 1. The third-order valence-electron chi connectivity index (χ3n) is 12.3. The number of rotatable bonds is 3. The molecule has 0 amide bonds. The Labute approximate surface area is 229 Å². The van der Waals surface area contributed by atoms with E-state index in [0.717, 1.165) is 35.8 Å². The maximum absolute atomic E-state index is 2.67. The Hall–Kier alpha value is -1.31. The monoisotopic (exact) mass is 505 g/mol. The fourth-order valence-corrected chi connectivity index (χ4v) is 9.71. The van der Waals surface area contributed by atoms with E-state index < -0.39 is 0 Å². The summed E-state index contributed by atoms with van der Waals surface area (Å²) in [6.07, 6.45) is 22.5. The van der Waals surface area contributed by atoms with E-state index in [2.05, 4.69) is 96.3 Å². The molecule has 8 unspecified atom stereocenters. The molecule has 0 spiro atoms. The number of fused-ring (bicyclic) bond motifs is 2. The van der Waals surface area contributed by atoms with Crippen LogP contribution in [0.5, 0.6) is 0 Å². The zero-order chi connectivity index (χ0) is 26.7. The molecular weight excluding hydrogens is 448 g/mol. The Morgan fingerprint density at radius 3 is 2.24 bits per heavy atom. The lowest BCUT2D eigenvalue weighted by Crippen LogP contribution is -2.36. The van der Waals surface area contributed by atoms with E-state index in [1.54, 1.807) is 17.0 Å². The quantitative estimate of drug-likeness (QED) is 0.348. The van der Waals surface area contributed by atoms with Crippen LogP contribution in [0, 0.1) is 46.3 Å². The van der Waals surface area contributed by atoms with Crippen LogP contribution < -0.4 is 0 Å². The first-order chi connectivity index (χ1) is 17.4. The van der Waals surface area contributed by atoms with Crippen LogP contribution in [0.4, 0.5) is 0 Å². The average molecular weight is 506 g/mol. The van der Waals surface area contributed by atoms with Gasteiger partial charge in [-0.25, -0.2) is 4.58 Å². The van der Waals surface area contributed by atoms with E-state index in [-0.39, 0.29) is 5.41 Å². The minimum Gasteiger partial charge on any atom is -0.374 e. The predicted octanol–water partition coefficient (Wildman–Crippen LogP) is 8.49. The second-order valence-electron chi connectivity index (χ2n) is 15.2. The smallest absolute Gasteiger partial charge is 0.181 e. The van der Waals surface area contributed by atoms with E-state index >= 15 is 0 Å².